The molecule has 0 unspecified atom stereocenters. The summed E-state index contributed by atoms with van der Waals surface area (Å²) >= 11 is 4.53. The van der Waals surface area contributed by atoms with Crippen molar-refractivity contribution in [1.82, 2.24) is 9.97 Å². The van der Waals surface area contributed by atoms with Crippen LogP contribution in [0.2, 0.25) is 0 Å². The van der Waals surface area contributed by atoms with E-state index in [1.807, 2.05) is 0 Å². The van der Waals surface area contributed by atoms with E-state index in [1.54, 1.807) is 12.4 Å². The maximum absolute atomic E-state index is 4.53. The van der Waals surface area contributed by atoms with Crippen molar-refractivity contribution in [2.45, 2.75) is 18.8 Å². The van der Waals surface area contributed by atoms with Gasteiger partial charge >= 0.3 is 0 Å². The fourth-order valence-corrected chi connectivity index (χ4v) is 2.01. The maximum Gasteiger partial charge on any atom is 0.159 e. The lowest BCUT2D eigenvalue weighted by atomic mass is 10.1. The minimum atomic E-state index is 0.628. The maximum atomic E-state index is 4.53. The van der Waals surface area contributed by atoms with Gasteiger partial charge in [-0.1, -0.05) is 24.3 Å². The Balaban J connectivity index is 1.86. The van der Waals surface area contributed by atoms with Crippen molar-refractivity contribution in [3.05, 3.63) is 42.2 Å². The predicted octanol–water partition coefficient (Wildman–Crippen LogP) is 3.76. The first-order valence-corrected chi connectivity index (χ1v) is 6.28. The second kappa shape index (κ2) is 4.77. The van der Waals surface area contributed by atoms with E-state index in [2.05, 4.69) is 56.6 Å². The van der Waals surface area contributed by atoms with Crippen LogP contribution in [0.1, 0.15) is 24.3 Å². The molecule has 4 heteroatoms. The lowest BCUT2D eigenvalue weighted by Gasteiger charge is -2.02. The van der Waals surface area contributed by atoms with Crippen LogP contribution >= 0.6 is 12.2 Å². The highest BCUT2D eigenvalue weighted by Gasteiger charge is 2.23. The van der Waals surface area contributed by atoms with Gasteiger partial charge in [-0.3, -0.25) is 0 Å². The fourth-order valence-electron chi connectivity index (χ4n) is 1.90. The van der Waals surface area contributed by atoms with Gasteiger partial charge in [0.15, 0.2) is 5.82 Å². The molecule has 3 nitrogen and oxygen atoms in total. The summed E-state index contributed by atoms with van der Waals surface area (Å²) < 4.78 is 0. The van der Waals surface area contributed by atoms with Crippen molar-refractivity contribution in [2.75, 3.05) is 0 Å². The number of benzene rings is 1. The average molecular weight is 253 g/mol. The molecule has 1 fully saturated rings. The molecular weight excluding hydrogens is 242 g/mol. The van der Waals surface area contributed by atoms with Crippen molar-refractivity contribution >= 4 is 23.1 Å². The standard InChI is InChI=1S/C14H11N3S/c18-9-17-13-7-15-14(16-8-13)12-5-3-11(4-6-12)10-1-2-10/h3-8,10H,1-2H2. The van der Waals surface area contributed by atoms with Crippen LogP contribution in [0.5, 0.6) is 0 Å². The lowest BCUT2D eigenvalue weighted by Crippen LogP contribution is -1.88. The Morgan fingerprint density at radius 3 is 2.33 bits per heavy atom. The molecule has 0 atom stereocenters. The summed E-state index contributed by atoms with van der Waals surface area (Å²) in [7, 11) is 0. The van der Waals surface area contributed by atoms with E-state index in [0.717, 1.165) is 11.5 Å². The molecule has 0 N–H and O–H groups in total. The number of rotatable bonds is 3. The van der Waals surface area contributed by atoms with Gasteiger partial charge in [0, 0.05) is 5.56 Å². The predicted molar refractivity (Wildman–Crippen MR) is 74.1 cm³/mol. The van der Waals surface area contributed by atoms with Crippen molar-refractivity contribution in [1.29, 1.82) is 0 Å². The molecule has 18 heavy (non-hydrogen) atoms. The van der Waals surface area contributed by atoms with Gasteiger partial charge in [0.25, 0.3) is 0 Å². The quantitative estimate of drug-likeness (QED) is 0.617. The first-order chi connectivity index (χ1) is 8.86. The second-order valence-corrected chi connectivity index (χ2v) is 4.55. The molecule has 1 aliphatic carbocycles. The van der Waals surface area contributed by atoms with Gasteiger partial charge in [-0.25, -0.2) is 9.97 Å². The zero-order chi connectivity index (χ0) is 12.4. The highest BCUT2D eigenvalue weighted by molar-refractivity contribution is 7.78. The SMILES string of the molecule is S=C=Nc1cnc(-c2ccc(C3CC3)cc2)nc1. The number of nitrogens with zero attached hydrogens (tertiary/aromatic N) is 3. The van der Waals surface area contributed by atoms with Gasteiger partial charge in [-0.15, -0.1) is 0 Å². The highest BCUT2D eigenvalue weighted by Crippen LogP contribution is 2.40. The summed E-state index contributed by atoms with van der Waals surface area (Å²) in [5.41, 5.74) is 3.07. The molecule has 1 saturated carbocycles. The highest BCUT2D eigenvalue weighted by atomic mass is 32.1. The van der Waals surface area contributed by atoms with Crippen LogP contribution < -0.4 is 0 Å². The zero-order valence-corrected chi connectivity index (χ0v) is 10.5. The smallest absolute Gasteiger partial charge is 0.159 e. The molecular formula is C14H11N3S. The molecule has 3 rings (SSSR count). The minimum Gasteiger partial charge on any atom is -0.234 e. The summed E-state index contributed by atoms with van der Waals surface area (Å²) in [6.45, 7) is 0. The van der Waals surface area contributed by atoms with Crippen molar-refractivity contribution in [3.63, 3.8) is 0 Å². The largest absolute Gasteiger partial charge is 0.234 e. The number of isothiocyanates is 1. The second-order valence-electron chi connectivity index (χ2n) is 4.36. The summed E-state index contributed by atoms with van der Waals surface area (Å²) in [5.74, 6) is 1.49. The molecule has 0 radical (unpaired) electrons. The number of thiocarbonyl (C=S) groups is 1. The van der Waals surface area contributed by atoms with Gasteiger partial charge in [0.1, 0.15) is 5.69 Å². The van der Waals surface area contributed by atoms with Gasteiger partial charge in [0.2, 0.25) is 0 Å². The molecule has 0 amide bonds. The summed E-state index contributed by atoms with van der Waals surface area (Å²) in [4.78, 5) is 12.4. The zero-order valence-electron chi connectivity index (χ0n) is 9.71. The van der Waals surface area contributed by atoms with Crippen molar-refractivity contribution in [2.24, 2.45) is 4.99 Å². The topological polar surface area (TPSA) is 38.1 Å². The first-order valence-electron chi connectivity index (χ1n) is 5.87. The van der Waals surface area contributed by atoms with Crippen LogP contribution in [0.4, 0.5) is 5.69 Å². The average Bonchev–Trinajstić information content (AvgIpc) is 3.25. The third-order valence-electron chi connectivity index (χ3n) is 3.03. The molecule has 0 saturated heterocycles. The number of hydrogen-bond donors (Lipinski definition) is 0. The molecule has 1 aliphatic rings. The molecule has 0 aliphatic heterocycles. The van der Waals surface area contributed by atoms with E-state index in [9.17, 15) is 0 Å². The summed E-state index contributed by atoms with van der Waals surface area (Å²) in [6, 6.07) is 8.48. The van der Waals surface area contributed by atoms with E-state index in [1.165, 1.54) is 18.4 Å². The Morgan fingerprint density at radius 1 is 1.11 bits per heavy atom. The van der Waals surface area contributed by atoms with Crippen molar-refractivity contribution < 1.29 is 0 Å². The molecule has 1 aromatic carbocycles. The van der Waals surface area contributed by atoms with E-state index in [4.69, 9.17) is 0 Å². The van der Waals surface area contributed by atoms with E-state index in [0.29, 0.717) is 11.5 Å². The third kappa shape index (κ3) is 2.35. The number of aliphatic imine (C=N–C) groups is 1. The molecule has 0 bridgehead atoms. The van der Waals surface area contributed by atoms with Gasteiger partial charge in [-0.05, 0) is 36.5 Å². The Labute approximate surface area is 111 Å². The lowest BCUT2D eigenvalue weighted by molar-refractivity contribution is 1.12. The summed E-state index contributed by atoms with van der Waals surface area (Å²) in [6.07, 6.45) is 5.94. The van der Waals surface area contributed by atoms with E-state index in [-0.39, 0.29) is 0 Å². The monoisotopic (exact) mass is 253 g/mol. The fraction of sp³-hybridized carbons (Fsp3) is 0.214. The van der Waals surface area contributed by atoms with Gasteiger partial charge in [0.05, 0.1) is 17.6 Å². The van der Waals surface area contributed by atoms with Crippen molar-refractivity contribution in [3.8, 4) is 11.4 Å². The number of hydrogen-bond acceptors (Lipinski definition) is 4. The minimum absolute atomic E-state index is 0.628. The molecule has 1 aromatic heterocycles. The van der Waals surface area contributed by atoms with E-state index < -0.39 is 0 Å². The third-order valence-corrected chi connectivity index (χ3v) is 3.12. The van der Waals surface area contributed by atoms with Gasteiger partial charge in [-0.2, -0.15) is 4.99 Å². The molecule has 88 valence electrons. The van der Waals surface area contributed by atoms with Crippen LogP contribution in [0.15, 0.2) is 41.7 Å². The van der Waals surface area contributed by atoms with Crippen LogP contribution in [-0.4, -0.2) is 15.1 Å². The Bertz CT molecular complexity index is 594. The Morgan fingerprint density at radius 2 is 1.78 bits per heavy atom. The van der Waals surface area contributed by atoms with Crippen LogP contribution in [0, 0.1) is 0 Å². The number of aromatic nitrogens is 2. The molecule has 0 spiro atoms. The molecule has 2 aromatic rings. The normalized spacial score (nSPS) is 14.0. The van der Waals surface area contributed by atoms with Gasteiger partial charge < -0.3 is 0 Å². The van der Waals surface area contributed by atoms with Crippen LogP contribution in [0.3, 0.4) is 0 Å². The Hall–Kier alpha value is -1.90. The van der Waals surface area contributed by atoms with Crippen LogP contribution in [0.25, 0.3) is 11.4 Å². The van der Waals surface area contributed by atoms with E-state index >= 15 is 0 Å². The summed E-state index contributed by atoms with van der Waals surface area (Å²) in [5, 5.41) is 2.30. The first kappa shape index (κ1) is 11.2. The Kier molecular flexibility index (Phi) is 2.97. The van der Waals surface area contributed by atoms with Crippen LogP contribution in [-0.2, 0) is 0 Å². The molecule has 1 heterocycles.